The minimum Gasteiger partial charge on any atom is -0.326 e. The number of carbonyl (C=O) groups excluding carboxylic acids is 1. The number of halogens is 3. The molecule has 8 heteroatoms. The zero-order valence-corrected chi connectivity index (χ0v) is 11.8. The number of hydrogen-bond acceptors (Lipinski definition) is 3. The lowest BCUT2D eigenvalue weighted by molar-refractivity contribution is -0.137. The monoisotopic (exact) mass is 321 g/mol. The number of carbonyl (C=O) groups is 1. The first-order valence-corrected chi connectivity index (χ1v) is 8.15. The summed E-state index contributed by atoms with van der Waals surface area (Å²) in [6, 6.07) is 4.33. The molecular formula is C13H14F3NO3S. The van der Waals surface area contributed by atoms with Gasteiger partial charge in [-0.2, -0.15) is 13.2 Å². The predicted octanol–water partition coefficient (Wildman–Crippen LogP) is 2.47. The summed E-state index contributed by atoms with van der Waals surface area (Å²) in [6.45, 7) is 0. The molecule has 1 saturated heterocycles. The van der Waals surface area contributed by atoms with Gasteiger partial charge in [-0.05, 0) is 30.5 Å². The van der Waals surface area contributed by atoms with Gasteiger partial charge in [0, 0.05) is 12.1 Å². The average molecular weight is 321 g/mol. The van der Waals surface area contributed by atoms with Gasteiger partial charge in [0.1, 0.15) is 0 Å². The highest BCUT2D eigenvalue weighted by atomic mass is 32.2. The van der Waals surface area contributed by atoms with Crippen LogP contribution in [-0.2, 0) is 20.8 Å². The van der Waals surface area contributed by atoms with Crippen molar-refractivity contribution >= 4 is 21.4 Å². The van der Waals surface area contributed by atoms with Gasteiger partial charge in [0.05, 0.1) is 17.1 Å². The summed E-state index contributed by atoms with van der Waals surface area (Å²) in [5.74, 6) is -0.713. The maximum absolute atomic E-state index is 12.5. The van der Waals surface area contributed by atoms with Crippen LogP contribution in [-0.4, -0.2) is 25.8 Å². The first kappa shape index (κ1) is 15.8. The van der Waals surface area contributed by atoms with E-state index in [9.17, 15) is 26.4 Å². The molecule has 1 heterocycles. The SMILES string of the molecule is O=C(C[C@H]1CCS(=O)(=O)C1)Nc1cccc(C(F)(F)F)c1. The summed E-state index contributed by atoms with van der Waals surface area (Å²) in [7, 11) is -3.07. The Bertz CT molecular complexity index is 640. The summed E-state index contributed by atoms with van der Waals surface area (Å²) in [5, 5.41) is 2.37. The smallest absolute Gasteiger partial charge is 0.326 e. The largest absolute Gasteiger partial charge is 0.416 e. The van der Waals surface area contributed by atoms with Gasteiger partial charge in [-0.25, -0.2) is 8.42 Å². The number of benzene rings is 1. The average Bonchev–Trinajstić information content (AvgIpc) is 2.67. The maximum Gasteiger partial charge on any atom is 0.416 e. The number of nitrogens with one attached hydrogen (secondary N) is 1. The lowest BCUT2D eigenvalue weighted by Gasteiger charge is -2.11. The molecule has 1 aliphatic heterocycles. The van der Waals surface area contributed by atoms with E-state index in [1.54, 1.807) is 0 Å². The highest BCUT2D eigenvalue weighted by molar-refractivity contribution is 7.91. The molecule has 0 radical (unpaired) electrons. The highest BCUT2D eigenvalue weighted by Gasteiger charge is 2.31. The van der Waals surface area contributed by atoms with E-state index in [4.69, 9.17) is 0 Å². The summed E-state index contributed by atoms with van der Waals surface area (Å²) in [5.41, 5.74) is -0.792. The number of alkyl halides is 3. The van der Waals surface area contributed by atoms with Crippen LogP contribution in [0.5, 0.6) is 0 Å². The van der Waals surface area contributed by atoms with Crippen LogP contribution in [0.25, 0.3) is 0 Å². The van der Waals surface area contributed by atoms with E-state index in [-0.39, 0.29) is 29.5 Å². The third kappa shape index (κ3) is 4.45. The Morgan fingerprint density at radius 2 is 2.05 bits per heavy atom. The van der Waals surface area contributed by atoms with Crippen LogP contribution in [0.1, 0.15) is 18.4 Å². The van der Waals surface area contributed by atoms with Gasteiger partial charge in [0.15, 0.2) is 9.84 Å². The van der Waals surface area contributed by atoms with Crippen LogP contribution in [0.3, 0.4) is 0 Å². The normalized spacial score (nSPS) is 21.2. The molecule has 0 unspecified atom stereocenters. The molecule has 0 saturated carbocycles. The maximum atomic E-state index is 12.5. The first-order valence-electron chi connectivity index (χ1n) is 6.33. The van der Waals surface area contributed by atoms with Gasteiger partial charge < -0.3 is 5.32 Å². The zero-order chi connectivity index (χ0) is 15.7. The van der Waals surface area contributed by atoms with Crippen LogP contribution in [0, 0.1) is 5.92 Å². The van der Waals surface area contributed by atoms with E-state index in [0.717, 1.165) is 12.1 Å². The van der Waals surface area contributed by atoms with E-state index in [1.807, 2.05) is 0 Å². The third-order valence-electron chi connectivity index (χ3n) is 3.27. The molecule has 1 aliphatic rings. The molecule has 116 valence electrons. The summed E-state index contributed by atoms with van der Waals surface area (Å²) < 4.78 is 60.2. The number of anilines is 1. The topological polar surface area (TPSA) is 63.2 Å². The summed E-state index contributed by atoms with van der Waals surface area (Å²) in [6.07, 6.45) is -4.06. The molecule has 0 spiro atoms. The number of rotatable bonds is 3. The third-order valence-corrected chi connectivity index (χ3v) is 5.11. The van der Waals surface area contributed by atoms with Crippen molar-refractivity contribution in [3.05, 3.63) is 29.8 Å². The molecule has 1 aromatic rings. The molecule has 1 amide bonds. The predicted molar refractivity (Wildman–Crippen MR) is 71.5 cm³/mol. The molecule has 1 fully saturated rings. The molecular weight excluding hydrogens is 307 g/mol. The van der Waals surface area contributed by atoms with E-state index < -0.39 is 27.5 Å². The lowest BCUT2D eigenvalue weighted by Crippen LogP contribution is -2.17. The van der Waals surface area contributed by atoms with Gasteiger partial charge in [0.2, 0.25) is 5.91 Å². The minimum absolute atomic E-state index is 0.00449. The Kier molecular flexibility index (Phi) is 4.27. The fourth-order valence-electron chi connectivity index (χ4n) is 2.28. The summed E-state index contributed by atoms with van der Waals surface area (Å²) >= 11 is 0. The van der Waals surface area contributed by atoms with Crippen LogP contribution < -0.4 is 5.32 Å². The van der Waals surface area contributed by atoms with Crippen LogP contribution >= 0.6 is 0 Å². The molecule has 1 aromatic carbocycles. The van der Waals surface area contributed by atoms with Gasteiger partial charge >= 0.3 is 6.18 Å². The molecule has 1 atom stereocenters. The lowest BCUT2D eigenvalue weighted by atomic mass is 10.0. The fraction of sp³-hybridized carbons (Fsp3) is 0.462. The zero-order valence-electron chi connectivity index (χ0n) is 11.0. The van der Waals surface area contributed by atoms with E-state index >= 15 is 0 Å². The van der Waals surface area contributed by atoms with Crippen molar-refractivity contribution in [1.29, 1.82) is 0 Å². The standard InChI is InChI=1S/C13H14F3NO3S/c14-13(15,16)10-2-1-3-11(7-10)17-12(18)6-9-4-5-21(19,20)8-9/h1-3,7,9H,4-6,8H2,(H,17,18)/t9-/m1/s1. The number of amides is 1. The van der Waals surface area contributed by atoms with Crippen LogP contribution in [0.4, 0.5) is 18.9 Å². The minimum atomic E-state index is -4.47. The second-order valence-corrected chi connectivity index (χ2v) is 7.33. The van der Waals surface area contributed by atoms with E-state index in [2.05, 4.69) is 5.32 Å². The number of hydrogen-bond donors (Lipinski definition) is 1. The second-order valence-electron chi connectivity index (χ2n) is 5.10. The molecule has 21 heavy (non-hydrogen) atoms. The van der Waals surface area contributed by atoms with E-state index in [0.29, 0.717) is 6.42 Å². The van der Waals surface area contributed by atoms with Gasteiger partial charge in [-0.1, -0.05) is 6.07 Å². The Labute approximate surface area is 120 Å². The van der Waals surface area contributed by atoms with Gasteiger partial charge in [-0.15, -0.1) is 0 Å². The van der Waals surface area contributed by atoms with Crippen LogP contribution in [0.15, 0.2) is 24.3 Å². The molecule has 0 bridgehead atoms. The van der Waals surface area contributed by atoms with Crippen molar-refractivity contribution in [1.82, 2.24) is 0 Å². The molecule has 0 aliphatic carbocycles. The van der Waals surface area contributed by atoms with E-state index in [1.165, 1.54) is 12.1 Å². The van der Waals surface area contributed by atoms with Crippen molar-refractivity contribution in [2.45, 2.75) is 19.0 Å². The number of sulfone groups is 1. The molecule has 4 nitrogen and oxygen atoms in total. The van der Waals surface area contributed by atoms with Crippen molar-refractivity contribution in [3.63, 3.8) is 0 Å². The quantitative estimate of drug-likeness (QED) is 0.930. The molecule has 1 N–H and O–H groups in total. The van der Waals surface area contributed by atoms with Crippen molar-refractivity contribution in [2.75, 3.05) is 16.8 Å². The van der Waals surface area contributed by atoms with Crippen molar-refractivity contribution in [3.8, 4) is 0 Å². The molecule has 0 aromatic heterocycles. The Morgan fingerprint density at radius 1 is 1.33 bits per heavy atom. The first-order chi connectivity index (χ1) is 9.66. The molecule has 2 rings (SSSR count). The highest BCUT2D eigenvalue weighted by Crippen LogP contribution is 2.30. The second kappa shape index (κ2) is 5.67. The Balaban J connectivity index is 1.97. The van der Waals surface area contributed by atoms with Crippen LogP contribution in [0.2, 0.25) is 0 Å². The van der Waals surface area contributed by atoms with Gasteiger partial charge in [0.25, 0.3) is 0 Å². The Hall–Kier alpha value is -1.57. The van der Waals surface area contributed by atoms with Crippen molar-refractivity contribution < 1.29 is 26.4 Å². The van der Waals surface area contributed by atoms with Crippen molar-refractivity contribution in [2.24, 2.45) is 5.92 Å². The Morgan fingerprint density at radius 3 is 2.62 bits per heavy atom. The summed E-state index contributed by atoms with van der Waals surface area (Å²) in [4.78, 5) is 11.8. The van der Waals surface area contributed by atoms with Gasteiger partial charge in [-0.3, -0.25) is 4.79 Å². The fourth-order valence-corrected chi connectivity index (χ4v) is 4.14.